The van der Waals surface area contributed by atoms with E-state index in [9.17, 15) is 4.39 Å². The van der Waals surface area contributed by atoms with E-state index in [-0.39, 0.29) is 5.75 Å². The number of hydrogen-bond donors (Lipinski definition) is 0. The van der Waals surface area contributed by atoms with Crippen LogP contribution < -0.4 is 4.74 Å². The lowest BCUT2D eigenvalue weighted by molar-refractivity contribution is 0.386. The first-order valence-corrected chi connectivity index (χ1v) is 5.88. The molecule has 3 nitrogen and oxygen atoms in total. The molecule has 0 unspecified atom stereocenters. The molecule has 0 aliphatic rings. The Morgan fingerprint density at radius 3 is 2.72 bits per heavy atom. The number of aromatic nitrogens is 2. The van der Waals surface area contributed by atoms with Crippen LogP contribution in [0.1, 0.15) is 12.5 Å². The zero-order valence-electron chi connectivity index (χ0n) is 10.1. The third-order valence-corrected chi connectivity index (χ3v) is 3.00. The van der Waals surface area contributed by atoms with Gasteiger partial charge < -0.3 is 4.74 Å². The van der Waals surface area contributed by atoms with Crippen LogP contribution in [0.3, 0.4) is 0 Å². The number of halogens is 2. The van der Waals surface area contributed by atoms with Crippen molar-refractivity contribution < 1.29 is 9.13 Å². The molecule has 94 valence electrons. The van der Waals surface area contributed by atoms with E-state index in [0.29, 0.717) is 22.8 Å². The van der Waals surface area contributed by atoms with Gasteiger partial charge in [-0.25, -0.2) is 14.4 Å². The van der Waals surface area contributed by atoms with Gasteiger partial charge >= 0.3 is 0 Å². The number of ether oxygens (including phenoxy) is 1. The minimum Gasteiger partial charge on any atom is -0.494 e. The van der Waals surface area contributed by atoms with Crippen molar-refractivity contribution in [3.63, 3.8) is 0 Å². The van der Waals surface area contributed by atoms with Crippen molar-refractivity contribution in [1.29, 1.82) is 0 Å². The maximum atomic E-state index is 13.7. The fourth-order valence-electron chi connectivity index (χ4n) is 1.77. The van der Waals surface area contributed by atoms with Crippen LogP contribution in [0.15, 0.2) is 24.5 Å². The zero-order chi connectivity index (χ0) is 13.1. The highest BCUT2D eigenvalue weighted by molar-refractivity contribution is 6.30. The molecule has 18 heavy (non-hydrogen) atoms. The summed E-state index contributed by atoms with van der Waals surface area (Å²) in [6.45, 7) is 1.95. The van der Waals surface area contributed by atoms with Gasteiger partial charge in [-0.1, -0.05) is 18.5 Å². The van der Waals surface area contributed by atoms with Crippen LogP contribution in [-0.4, -0.2) is 17.1 Å². The molecule has 0 saturated heterocycles. The highest BCUT2D eigenvalue weighted by atomic mass is 35.5. The van der Waals surface area contributed by atoms with Gasteiger partial charge in [-0.05, 0) is 24.6 Å². The fraction of sp³-hybridized carbons (Fsp3) is 0.231. The van der Waals surface area contributed by atoms with Crippen LogP contribution in [0, 0.1) is 5.82 Å². The van der Waals surface area contributed by atoms with Crippen LogP contribution >= 0.6 is 11.6 Å². The van der Waals surface area contributed by atoms with E-state index < -0.39 is 5.82 Å². The Balaban J connectivity index is 2.55. The Morgan fingerprint density at radius 2 is 2.11 bits per heavy atom. The van der Waals surface area contributed by atoms with Crippen molar-refractivity contribution >= 4 is 11.6 Å². The molecule has 2 aromatic rings. The Morgan fingerprint density at radius 1 is 1.33 bits per heavy atom. The first-order valence-electron chi connectivity index (χ1n) is 5.50. The summed E-state index contributed by atoms with van der Waals surface area (Å²) in [6.07, 6.45) is 2.06. The van der Waals surface area contributed by atoms with Crippen LogP contribution in [0.5, 0.6) is 5.75 Å². The van der Waals surface area contributed by atoms with E-state index in [2.05, 4.69) is 9.97 Å². The predicted octanol–water partition coefficient (Wildman–Crippen LogP) is 3.51. The summed E-state index contributed by atoms with van der Waals surface area (Å²) < 4.78 is 18.6. The minimum atomic E-state index is -0.424. The minimum absolute atomic E-state index is 0.206. The fourth-order valence-corrected chi connectivity index (χ4v) is 2.03. The summed E-state index contributed by atoms with van der Waals surface area (Å²) in [5.74, 6) is -0.219. The Labute approximate surface area is 110 Å². The van der Waals surface area contributed by atoms with Gasteiger partial charge in [0.05, 0.1) is 12.8 Å². The maximum Gasteiger partial charge on any atom is 0.165 e. The van der Waals surface area contributed by atoms with Crippen LogP contribution in [0.2, 0.25) is 5.15 Å². The summed E-state index contributed by atoms with van der Waals surface area (Å²) in [5, 5.41) is 0.402. The number of benzene rings is 1. The number of rotatable bonds is 3. The molecule has 1 aromatic heterocycles. The number of methoxy groups -OCH3 is 1. The predicted molar refractivity (Wildman–Crippen MR) is 68.4 cm³/mol. The maximum absolute atomic E-state index is 13.7. The molecule has 0 saturated carbocycles. The molecule has 0 aliphatic carbocycles. The van der Waals surface area contributed by atoms with Gasteiger partial charge in [-0.15, -0.1) is 0 Å². The van der Waals surface area contributed by atoms with E-state index in [1.54, 1.807) is 12.1 Å². The van der Waals surface area contributed by atoms with E-state index in [1.165, 1.54) is 19.5 Å². The van der Waals surface area contributed by atoms with E-state index in [1.807, 2.05) is 6.92 Å². The van der Waals surface area contributed by atoms with E-state index >= 15 is 0 Å². The summed E-state index contributed by atoms with van der Waals surface area (Å²) in [5.41, 5.74) is 2.12. The van der Waals surface area contributed by atoms with Gasteiger partial charge in [-0.2, -0.15) is 0 Å². The quantitative estimate of drug-likeness (QED) is 0.798. The lowest BCUT2D eigenvalue weighted by Crippen LogP contribution is -1.96. The van der Waals surface area contributed by atoms with Crippen LogP contribution in [0.25, 0.3) is 11.3 Å². The van der Waals surface area contributed by atoms with Gasteiger partial charge in [0.2, 0.25) is 0 Å². The van der Waals surface area contributed by atoms with Crippen molar-refractivity contribution in [3.8, 4) is 17.0 Å². The van der Waals surface area contributed by atoms with Gasteiger partial charge in [0.25, 0.3) is 0 Å². The first kappa shape index (κ1) is 12.8. The molecule has 5 heteroatoms. The van der Waals surface area contributed by atoms with Crippen LogP contribution in [0.4, 0.5) is 4.39 Å². The molecule has 0 bridgehead atoms. The molecular formula is C13H12ClFN2O. The molecule has 0 N–H and O–H groups in total. The molecule has 0 atom stereocenters. The van der Waals surface area contributed by atoms with Crippen molar-refractivity contribution in [2.24, 2.45) is 0 Å². The zero-order valence-corrected chi connectivity index (χ0v) is 10.8. The first-order chi connectivity index (χ1) is 8.67. The largest absolute Gasteiger partial charge is 0.494 e. The Bertz CT molecular complexity index is 575. The Kier molecular flexibility index (Phi) is 3.77. The monoisotopic (exact) mass is 266 g/mol. The van der Waals surface area contributed by atoms with E-state index in [0.717, 1.165) is 5.56 Å². The standard InChI is InChI=1S/C13H12ClFN2O/c1-3-9-12(16-7-17-13(9)14)8-4-5-11(18-2)10(15)6-8/h4-7H,3H2,1-2H3. The topological polar surface area (TPSA) is 35.0 Å². The lowest BCUT2D eigenvalue weighted by Gasteiger charge is -2.09. The molecule has 1 aromatic carbocycles. The summed E-state index contributed by atoms with van der Waals surface area (Å²) in [7, 11) is 1.43. The van der Waals surface area contributed by atoms with Crippen molar-refractivity contribution in [1.82, 2.24) is 9.97 Å². The number of nitrogens with zero attached hydrogens (tertiary/aromatic N) is 2. The Hall–Kier alpha value is -1.68. The van der Waals surface area contributed by atoms with Gasteiger partial charge in [0, 0.05) is 11.1 Å². The molecule has 0 fully saturated rings. The van der Waals surface area contributed by atoms with Gasteiger partial charge in [-0.3, -0.25) is 0 Å². The summed E-state index contributed by atoms with van der Waals surface area (Å²) in [4.78, 5) is 8.10. The number of hydrogen-bond acceptors (Lipinski definition) is 3. The van der Waals surface area contributed by atoms with Crippen molar-refractivity contribution in [3.05, 3.63) is 41.1 Å². The van der Waals surface area contributed by atoms with Crippen molar-refractivity contribution in [2.45, 2.75) is 13.3 Å². The van der Waals surface area contributed by atoms with Gasteiger partial charge in [0.1, 0.15) is 11.5 Å². The molecule has 0 spiro atoms. The summed E-state index contributed by atoms with van der Waals surface area (Å²) in [6, 6.07) is 4.70. The average molecular weight is 267 g/mol. The molecule has 1 heterocycles. The third kappa shape index (κ3) is 2.29. The van der Waals surface area contributed by atoms with E-state index in [4.69, 9.17) is 16.3 Å². The third-order valence-electron chi connectivity index (χ3n) is 2.67. The smallest absolute Gasteiger partial charge is 0.165 e. The molecule has 0 radical (unpaired) electrons. The second-order valence-electron chi connectivity index (χ2n) is 3.69. The molecule has 0 aliphatic heterocycles. The van der Waals surface area contributed by atoms with Crippen LogP contribution in [-0.2, 0) is 6.42 Å². The molecule has 2 rings (SSSR count). The SMILES string of the molecule is CCc1c(Cl)ncnc1-c1ccc(OC)c(F)c1. The average Bonchev–Trinajstić information content (AvgIpc) is 2.38. The second-order valence-corrected chi connectivity index (χ2v) is 4.05. The normalized spacial score (nSPS) is 10.4. The molecule has 0 amide bonds. The van der Waals surface area contributed by atoms with Crippen molar-refractivity contribution in [2.75, 3.05) is 7.11 Å². The highest BCUT2D eigenvalue weighted by Crippen LogP contribution is 2.29. The highest BCUT2D eigenvalue weighted by Gasteiger charge is 2.12. The summed E-state index contributed by atoms with van der Waals surface area (Å²) >= 11 is 6.01. The van der Waals surface area contributed by atoms with Gasteiger partial charge in [0.15, 0.2) is 11.6 Å². The lowest BCUT2D eigenvalue weighted by atomic mass is 10.1. The second kappa shape index (κ2) is 5.31. The molecular weight excluding hydrogens is 255 g/mol.